The molecule has 0 atom stereocenters. The van der Waals surface area contributed by atoms with E-state index < -0.39 is 9.84 Å². The van der Waals surface area contributed by atoms with Gasteiger partial charge in [-0.2, -0.15) is 10.5 Å². The largest absolute Gasteiger partial charge is 0.335 e. The molecule has 0 spiro atoms. The fourth-order valence-electron chi connectivity index (χ4n) is 1.88. The molecule has 0 fully saturated rings. The summed E-state index contributed by atoms with van der Waals surface area (Å²) in [5.74, 6) is 0. The van der Waals surface area contributed by atoms with Crippen LogP contribution in [0, 0.1) is 22.7 Å². The number of sulfone groups is 1. The summed E-state index contributed by atoms with van der Waals surface area (Å²) >= 11 is 0. The normalized spacial score (nSPS) is 10.4. The zero-order valence-corrected chi connectivity index (χ0v) is 12.0. The minimum absolute atomic E-state index is 0.0835. The van der Waals surface area contributed by atoms with Crippen molar-refractivity contribution >= 4 is 15.9 Å². The molecule has 5 nitrogen and oxygen atoms in total. The van der Waals surface area contributed by atoms with Crippen molar-refractivity contribution in [1.82, 2.24) is 4.57 Å². The molecule has 6 heteroatoms. The van der Waals surface area contributed by atoms with Crippen molar-refractivity contribution < 1.29 is 8.42 Å². The lowest BCUT2D eigenvalue weighted by Gasteiger charge is -2.07. The van der Waals surface area contributed by atoms with Crippen LogP contribution in [0.4, 0.5) is 0 Å². The van der Waals surface area contributed by atoms with Crippen LogP contribution in [0.3, 0.4) is 0 Å². The molecule has 0 saturated carbocycles. The van der Waals surface area contributed by atoms with E-state index in [1.807, 2.05) is 0 Å². The molecule has 2 rings (SSSR count). The van der Waals surface area contributed by atoms with Crippen molar-refractivity contribution in [3.63, 3.8) is 0 Å². The van der Waals surface area contributed by atoms with Crippen molar-refractivity contribution in [3.05, 3.63) is 53.7 Å². The van der Waals surface area contributed by atoms with Gasteiger partial charge in [0, 0.05) is 12.7 Å². The van der Waals surface area contributed by atoms with Crippen LogP contribution < -0.4 is 0 Å². The molecule has 0 unspecified atom stereocenters. The number of nitrogens with zero attached hydrogens (tertiary/aromatic N) is 3. The van der Waals surface area contributed by atoms with Gasteiger partial charge in [-0.3, -0.25) is 0 Å². The summed E-state index contributed by atoms with van der Waals surface area (Å²) in [7, 11) is -2.05. The maximum atomic E-state index is 12.5. The summed E-state index contributed by atoms with van der Waals surface area (Å²) in [5.41, 5.74) is 0.391. The molecule has 0 radical (unpaired) electrons. The molecule has 1 aromatic carbocycles. The smallest absolute Gasteiger partial charge is 0.222 e. The van der Waals surface area contributed by atoms with Crippen LogP contribution >= 0.6 is 0 Å². The Hall–Kier alpha value is -2.83. The maximum absolute atomic E-state index is 12.5. The molecule has 0 bridgehead atoms. The first-order valence-corrected chi connectivity index (χ1v) is 7.47. The Balaban J connectivity index is 2.55. The molecule has 0 aliphatic rings. The van der Waals surface area contributed by atoms with Crippen molar-refractivity contribution in [2.75, 3.05) is 0 Å². The lowest BCUT2D eigenvalue weighted by molar-refractivity contribution is 0.585. The predicted octanol–water partition coefficient (Wildman–Crippen LogP) is 2.29. The van der Waals surface area contributed by atoms with E-state index >= 15 is 0 Å². The van der Waals surface area contributed by atoms with Crippen LogP contribution in [0.25, 0.3) is 6.08 Å². The average Bonchev–Trinajstić information content (AvgIpc) is 2.87. The van der Waals surface area contributed by atoms with Crippen LogP contribution in [0.1, 0.15) is 5.69 Å². The van der Waals surface area contributed by atoms with Gasteiger partial charge in [-0.15, -0.1) is 0 Å². The molecular formula is C15H11N3O2S. The number of hydrogen-bond donors (Lipinski definition) is 0. The van der Waals surface area contributed by atoms with Gasteiger partial charge < -0.3 is 4.57 Å². The predicted molar refractivity (Wildman–Crippen MR) is 76.5 cm³/mol. The lowest BCUT2D eigenvalue weighted by Crippen LogP contribution is -2.08. The maximum Gasteiger partial charge on any atom is 0.222 e. The summed E-state index contributed by atoms with van der Waals surface area (Å²) in [5, 5.41) is 17.6. The van der Waals surface area contributed by atoms with E-state index in [1.165, 1.54) is 28.8 Å². The molecule has 0 saturated heterocycles. The fourth-order valence-corrected chi connectivity index (χ4v) is 3.35. The van der Waals surface area contributed by atoms with E-state index in [9.17, 15) is 8.42 Å². The Kier molecular flexibility index (Phi) is 3.93. The summed E-state index contributed by atoms with van der Waals surface area (Å²) in [6, 6.07) is 14.6. The molecule has 1 aromatic heterocycles. The summed E-state index contributed by atoms with van der Waals surface area (Å²) in [4.78, 5) is 0.197. The van der Waals surface area contributed by atoms with Gasteiger partial charge in [-0.25, -0.2) is 8.42 Å². The summed E-state index contributed by atoms with van der Waals surface area (Å²) < 4.78 is 26.5. The van der Waals surface area contributed by atoms with Gasteiger partial charge in [0.05, 0.1) is 4.90 Å². The van der Waals surface area contributed by atoms with Crippen LogP contribution in [0.2, 0.25) is 0 Å². The minimum atomic E-state index is -3.63. The van der Waals surface area contributed by atoms with E-state index in [-0.39, 0.29) is 15.5 Å². The van der Waals surface area contributed by atoms with E-state index in [0.29, 0.717) is 5.69 Å². The highest BCUT2D eigenvalue weighted by molar-refractivity contribution is 7.91. The first kappa shape index (κ1) is 14.6. The molecule has 0 N–H and O–H groups in total. The SMILES string of the molecule is Cn1c(C=C(C#N)C#N)ccc1S(=O)(=O)c1ccccc1. The fraction of sp³-hybridized carbons (Fsp3) is 0.0667. The van der Waals surface area contributed by atoms with Gasteiger partial charge in [0.25, 0.3) is 0 Å². The quantitative estimate of drug-likeness (QED) is 0.813. The molecule has 21 heavy (non-hydrogen) atoms. The highest BCUT2D eigenvalue weighted by atomic mass is 32.2. The second-order valence-electron chi connectivity index (χ2n) is 4.25. The summed E-state index contributed by atoms with van der Waals surface area (Å²) in [6.07, 6.45) is 1.35. The Morgan fingerprint density at radius 3 is 2.29 bits per heavy atom. The van der Waals surface area contributed by atoms with E-state index in [0.717, 1.165) is 0 Å². The molecular weight excluding hydrogens is 286 g/mol. The van der Waals surface area contributed by atoms with Crippen molar-refractivity contribution in [2.45, 2.75) is 9.92 Å². The standard InChI is InChI=1S/C15H11N3O2S/c1-18-13(9-12(10-16)11-17)7-8-15(18)21(19,20)14-5-3-2-4-6-14/h2-9H,1H3. The molecule has 0 amide bonds. The van der Waals surface area contributed by atoms with Gasteiger partial charge >= 0.3 is 0 Å². The highest BCUT2D eigenvalue weighted by Gasteiger charge is 2.21. The first-order chi connectivity index (χ1) is 10.0. The Morgan fingerprint density at radius 1 is 1.10 bits per heavy atom. The number of rotatable bonds is 3. The van der Waals surface area contributed by atoms with Crippen molar-refractivity contribution in [1.29, 1.82) is 10.5 Å². The number of nitriles is 2. The van der Waals surface area contributed by atoms with Crippen LogP contribution in [-0.4, -0.2) is 13.0 Å². The average molecular weight is 297 g/mol. The second kappa shape index (κ2) is 5.66. The third-order valence-corrected chi connectivity index (χ3v) is 4.83. The van der Waals surface area contributed by atoms with Gasteiger partial charge in [0.1, 0.15) is 22.7 Å². The Bertz CT molecular complexity index is 863. The van der Waals surface area contributed by atoms with Crippen molar-refractivity contribution in [2.24, 2.45) is 7.05 Å². The van der Waals surface area contributed by atoms with Crippen LogP contribution in [0.15, 0.2) is 58.0 Å². The lowest BCUT2D eigenvalue weighted by atomic mass is 10.2. The van der Waals surface area contributed by atoms with Gasteiger partial charge in [-0.1, -0.05) is 18.2 Å². The topological polar surface area (TPSA) is 86.7 Å². The van der Waals surface area contributed by atoms with Crippen LogP contribution in [0.5, 0.6) is 0 Å². The molecule has 104 valence electrons. The van der Waals surface area contributed by atoms with Gasteiger partial charge in [-0.05, 0) is 30.3 Å². The third-order valence-electron chi connectivity index (χ3n) is 2.98. The minimum Gasteiger partial charge on any atom is -0.335 e. The van der Waals surface area contributed by atoms with E-state index in [1.54, 1.807) is 43.5 Å². The number of aromatic nitrogens is 1. The van der Waals surface area contributed by atoms with Crippen LogP contribution in [-0.2, 0) is 16.9 Å². The molecule has 2 aromatic rings. The Labute approximate surface area is 122 Å². The number of benzene rings is 1. The van der Waals surface area contributed by atoms with Gasteiger partial charge in [0.15, 0.2) is 0 Å². The molecule has 1 heterocycles. The molecule has 0 aliphatic carbocycles. The molecule has 0 aliphatic heterocycles. The second-order valence-corrected chi connectivity index (χ2v) is 6.15. The van der Waals surface area contributed by atoms with Crippen molar-refractivity contribution in [3.8, 4) is 12.1 Å². The monoisotopic (exact) mass is 297 g/mol. The zero-order chi connectivity index (χ0) is 15.5. The highest BCUT2D eigenvalue weighted by Crippen LogP contribution is 2.23. The third kappa shape index (κ3) is 2.71. The van der Waals surface area contributed by atoms with E-state index in [2.05, 4.69) is 0 Å². The first-order valence-electron chi connectivity index (χ1n) is 5.98. The van der Waals surface area contributed by atoms with E-state index in [4.69, 9.17) is 10.5 Å². The number of allylic oxidation sites excluding steroid dienone is 1. The zero-order valence-electron chi connectivity index (χ0n) is 11.2. The Morgan fingerprint density at radius 2 is 1.71 bits per heavy atom. The summed E-state index contributed by atoms with van der Waals surface area (Å²) in [6.45, 7) is 0. The van der Waals surface area contributed by atoms with Gasteiger partial charge in [0.2, 0.25) is 9.84 Å². The number of hydrogen-bond acceptors (Lipinski definition) is 4.